The first-order chi connectivity index (χ1) is 17.0. The molecular formula is C26H28N4O4S. The molecule has 0 saturated heterocycles. The molecule has 4 rings (SSSR count). The Morgan fingerprint density at radius 2 is 1.94 bits per heavy atom. The fourth-order valence-electron chi connectivity index (χ4n) is 3.54. The van der Waals surface area contributed by atoms with Crippen molar-refractivity contribution in [2.24, 2.45) is 10.1 Å². The second-order valence-electron chi connectivity index (χ2n) is 8.04. The van der Waals surface area contributed by atoms with Crippen molar-refractivity contribution < 1.29 is 19.0 Å². The Balaban J connectivity index is 1.43. The van der Waals surface area contributed by atoms with Gasteiger partial charge in [-0.05, 0) is 73.0 Å². The van der Waals surface area contributed by atoms with E-state index in [-0.39, 0.29) is 11.4 Å². The minimum atomic E-state index is -0.451. The van der Waals surface area contributed by atoms with E-state index in [0.717, 1.165) is 35.6 Å². The first kappa shape index (κ1) is 24.5. The maximum absolute atomic E-state index is 12.6. The number of hydrogen-bond donors (Lipinski definition) is 1. The van der Waals surface area contributed by atoms with E-state index in [1.165, 1.54) is 16.8 Å². The van der Waals surface area contributed by atoms with Gasteiger partial charge in [-0.25, -0.2) is 0 Å². The minimum Gasteiger partial charge on any atom is -0.493 e. The highest BCUT2D eigenvalue weighted by Crippen LogP contribution is 2.32. The highest BCUT2D eigenvalue weighted by Gasteiger charge is 2.35. The first-order valence-electron chi connectivity index (χ1n) is 11.5. The van der Waals surface area contributed by atoms with Gasteiger partial charge in [0.15, 0.2) is 17.3 Å². The SMILES string of the molecule is CCCCC1=NN2C(=N)/C(=C\c3ccc(OCCOc4cccc(C)c4)c(OC)c3)C(=O)N=C2S1. The van der Waals surface area contributed by atoms with Gasteiger partial charge >= 0.3 is 0 Å². The highest BCUT2D eigenvalue weighted by atomic mass is 32.2. The van der Waals surface area contributed by atoms with Crippen molar-refractivity contribution in [3.05, 3.63) is 59.2 Å². The second kappa shape index (κ2) is 11.2. The van der Waals surface area contributed by atoms with E-state index in [1.54, 1.807) is 31.4 Å². The van der Waals surface area contributed by atoms with Crippen LogP contribution in [0, 0.1) is 12.3 Å². The number of rotatable bonds is 10. The van der Waals surface area contributed by atoms with Crippen LogP contribution in [0.25, 0.3) is 6.08 Å². The summed E-state index contributed by atoms with van der Waals surface area (Å²) in [7, 11) is 1.56. The molecule has 0 spiro atoms. The molecule has 2 aliphatic rings. The number of nitrogens with zero attached hydrogens (tertiary/aromatic N) is 3. The molecule has 0 aromatic heterocycles. The number of methoxy groups -OCH3 is 1. The number of thioether (sulfide) groups is 1. The Morgan fingerprint density at radius 1 is 1.11 bits per heavy atom. The average molecular weight is 493 g/mol. The van der Waals surface area contributed by atoms with Gasteiger partial charge in [-0.2, -0.15) is 15.1 Å². The number of nitrogens with one attached hydrogen (secondary N) is 1. The van der Waals surface area contributed by atoms with Crippen molar-refractivity contribution in [2.75, 3.05) is 20.3 Å². The van der Waals surface area contributed by atoms with Gasteiger partial charge in [0.2, 0.25) is 5.17 Å². The number of fused-ring (bicyclic) bond motifs is 1. The molecule has 1 N–H and O–H groups in total. The molecule has 0 unspecified atom stereocenters. The van der Waals surface area contributed by atoms with Gasteiger partial charge in [-0.15, -0.1) is 0 Å². The van der Waals surface area contributed by atoms with E-state index in [2.05, 4.69) is 17.0 Å². The summed E-state index contributed by atoms with van der Waals surface area (Å²) in [5.74, 6) is 1.45. The predicted molar refractivity (Wildman–Crippen MR) is 140 cm³/mol. The molecule has 0 saturated carbocycles. The van der Waals surface area contributed by atoms with E-state index >= 15 is 0 Å². The fourth-order valence-corrected chi connectivity index (χ4v) is 4.46. The van der Waals surface area contributed by atoms with Gasteiger partial charge in [0.05, 0.1) is 12.7 Å². The summed E-state index contributed by atoms with van der Waals surface area (Å²) >= 11 is 1.36. The topological polar surface area (TPSA) is 96.6 Å². The van der Waals surface area contributed by atoms with E-state index in [9.17, 15) is 4.79 Å². The lowest BCUT2D eigenvalue weighted by Gasteiger charge is -2.20. The molecular weight excluding hydrogens is 464 g/mol. The maximum Gasteiger partial charge on any atom is 0.283 e. The number of unbranched alkanes of at least 4 members (excludes halogenated alkanes) is 1. The number of carbonyl (C=O) groups is 1. The largest absolute Gasteiger partial charge is 0.493 e. The number of hydrogen-bond acceptors (Lipinski definition) is 7. The van der Waals surface area contributed by atoms with Gasteiger partial charge in [0.25, 0.3) is 5.91 Å². The summed E-state index contributed by atoms with van der Waals surface area (Å²) in [5, 5.41) is 15.8. The third kappa shape index (κ3) is 5.92. The number of amidine groups is 2. The first-order valence-corrected chi connectivity index (χ1v) is 12.3. The van der Waals surface area contributed by atoms with Crippen LogP contribution in [0.2, 0.25) is 0 Å². The number of carbonyl (C=O) groups excluding carboxylic acids is 1. The van der Waals surface area contributed by atoms with Crippen LogP contribution in [0.15, 0.2) is 58.1 Å². The number of hydrazone groups is 1. The van der Waals surface area contributed by atoms with Gasteiger partial charge in [0, 0.05) is 0 Å². The van der Waals surface area contributed by atoms with Crippen LogP contribution >= 0.6 is 11.8 Å². The molecule has 0 bridgehead atoms. The predicted octanol–water partition coefficient (Wildman–Crippen LogP) is 5.27. The lowest BCUT2D eigenvalue weighted by Crippen LogP contribution is -2.35. The zero-order chi connectivity index (χ0) is 24.8. The highest BCUT2D eigenvalue weighted by molar-refractivity contribution is 8.26. The van der Waals surface area contributed by atoms with Gasteiger partial charge < -0.3 is 14.2 Å². The van der Waals surface area contributed by atoms with Gasteiger partial charge in [-0.3, -0.25) is 10.2 Å². The number of benzene rings is 2. The van der Waals surface area contributed by atoms with Gasteiger partial charge in [0.1, 0.15) is 24.0 Å². The van der Waals surface area contributed by atoms with E-state index in [1.807, 2.05) is 31.2 Å². The lowest BCUT2D eigenvalue weighted by atomic mass is 10.1. The summed E-state index contributed by atoms with van der Waals surface area (Å²) in [6.45, 7) is 4.86. The van der Waals surface area contributed by atoms with E-state index in [4.69, 9.17) is 19.6 Å². The monoisotopic (exact) mass is 492 g/mol. The molecule has 0 aliphatic carbocycles. The molecule has 35 heavy (non-hydrogen) atoms. The number of aliphatic imine (C=N–C) groups is 1. The molecule has 2 aromatic carbocycles. The molecule has 0 fully saturated rings. The van der Waals surface area contributed by atoms with Crippen LogP contribution < -0.4 is 14.2 Å². The van der Waals surface area contributed by atoms with Crippen LogP contribution in [0.1, 0.15) is 37.3 Å². The fraction of sp³-hybridized carbons (Fsp3) is 0.308. The second-order valence-corrected chi connectivity index (χ2v) is 9.08. The Kier molecular flexibility index (Phi) is 7.87. The summed E-state index contributed by atoms with van der Waals surface area (Å²) in [6.07, 6.45) is 4.49. The number of amides is 1. The third-order valence-corrected chi connectivity index (χ3v) is 6.31. The molecule has 0 radical (unpaired) electrons. The summed E-state index contributed by atoms with van der Waals surface area (Å²) in [4.78, 5) is 16.8. The zero-order valence-corrected chi connectivity index (χ0v) is 20.9. The van der Waals surface area contributed by atoms with E-state index in [0.29, 0.717) is 35.4 Å². The number of ether oxygens (including phenoxy) is 3. The Labute approximate surface area is 209 Å². The van der Waals surface area contributed by atoms with Crippen LogP contribution in [0.4, 0.5) is 0 Å². The molecule has 2 heterocycles. The molecule has 8 nitrogen and oxygen atoms in total. The van der Waals surface area contributed by atoms with Crippen LogP contribution in [0.3, 0.4) is 0 Å². The Bertz CT molecular complexity index is 1220. The van der Waals surface area contributed by atoms with Crippen molar-refractivity contribution in [3.63, 3.8) is 0 Å². The van der Waals surface area contributed by atoms with Crippen molar-refractivity contribution in [2.45, 2.75) is 33.1 Å². The average Bonchev–Trinajstić information content (AvgIpc) is 3.26. The van der Waals surface area contributed by atoms with Crippen molar-refractivity contribution >= 4 is 39.8 Å². The normalized spacial score (nSPS) is 16.2. The minimum absolute atomic E-state index is 0.0200. The quantitative estimate of drug-likeness (QED) is 0.358. The Morgan fingerprint density at radius 3 is 2.71 bits per heavy atom. The molecule has 1 amide bonds. The van der Waals surface area contributed by atoms with Crippen molar-refractivity contribution in [1.82, 2.24) is 5.01 Å². The molecule has 0 atom stereocenters. The zero-order valence-electron chi connectivity index (χ0n) is 20.0. The van der Waals surface area contributed by atoms with Crippen molar-refractivity contribution in [3.8, 4) is 17.2 Å². The van der Waals surface area contributed by atoms with Crippen LogP contribution in [-0.2, 0) is 4.79 Å². The molecule has 2 aliphatic heterocycles. The molecule has 2 aromatic rings. The number of aryl methyl sites for hydroxylation is 1. The van der Waals surface area contributed by atoms with Crippen LogP contribution in [0.5, 0.6) is 17.2 Å². The summed E-state index contributed by atoms with van der Waals surface area (Å²) < 4.78 is 17.0. The third-order valence-electron chi connectivity index (χ3n) is 5.34. The standard InChI is InChI=1S/C26H28N4O4S/c1-4-5-9-23-29-30-24(27)20(25(31)28-26(30)35-23)15-18-10-11-21(22(16-18)32-3)34-13-12-33-19-8-6-7-17(2)14-19/h6-8,10-11,14-16,27H,4-5,9,12-13H2,1-3H3/b20-15+,27-24?. The van der Waals surface area contributed by atoms with Crippen LogP contribution in [-0.4, -0.2) is 47.3 Å². The Hall–Kier alpha value is -3.59. The lowest BCUT2D eigenvalue weighted by molar-refractivity contribution is -0.114. The molecule has 182 valence electrons. The maximum atomic E-state index is 12.6. The molecule has 9 heteroatoms. The van der Waals surface area contributed by atoms with Crippen molar-refractivity contribution in [1.29, 1.82) is 5.41 Å². The van der Waals surface area contributed by atoms with E-state index < -0.39 is 5.91 Å². The van der Waals surface area contributed by atoms with Gasteiger partial charge in [-0.1, -0.05) is 31.5 Å². The summed E-state index contributed by atoms with van der Waals surface area (Å²) in [5.41, 5.74) is 2.00. The smallest absolute Gasteiger partial charge is 0.283 e. The summed E-state index contributed by atoms with van der Waals surface area (Å²) in [6, 6.07) is 13.2.